The van der Waals surface area contributed by atoms with Gasteiger partial charge < -0.3 is 68.4 Å². The van der Waals surface area contributed by atoms with Crippen LogP contribution in [0.4, 0.5) is 0 Å². The molecule has 78 heavy (non-hydrogen) atoms. The number of benzene rings is 2. The number of unbranched alkanes of at least 4 members (excludes halogenated alkanes) is 21. The molecule has 18 nitrogen and oxygen atoms in total. The third-order valence-electron chi connectivity index (χ3n) is 14.9. The van der Waals surface area contributed by atoms with Crippen molar-refractivity contribution in [3.63, 3.8) is 0 Å². The Bertz CT molecular complexity index is 1990. The highest BCUT2D eigenvalue weighted by atomic mass is 16.7. The summed E-state index contributed by atoms with van der Waals surface area (Å²) >= 11 is 0. The normalized spacial score (nSPS) is 18.8. The predicted molar refractivity (Wildman–Crippen MR) is 305 cm³/mol. The van der Waals surface area contributed by atoms with Crippen LogP contribution >= 0.6 is 0 Å². The van der Waals surface area contributed by atoms with E-state index in [1.54, 1.807) is 50.2 Å². The maximum absolute atomic E-state index is 14.2. The van der Waals surface area contributed by atoms with Crippen LogP contribution in [0.15, 0.2) is 42.5 Å². The molecule has 14 N–H and O–H groups in total. The number of phenolic OH excluding ortho intramolecular Hbond substituents is 1. The number of rotatable bonds is 43. The van der Waals surface area contributed by atoms with Gasteiger partial charge >= 0.3 is 0 Å². The molecule has 1 fully saturated rings. The van der Waals surface area contributed by atoms with E-state index in [1.165, 1.54) is 103 Å². The molecule has 5 amide bonds. The number of phenols is 1. The van der Waals surface area contributed by atoms with Crippen molar-refractivity contribution in [2.45, 2.75) is 255 Å². The van der Waals surface area contributed by atoms with Gasteiger partial charge in [0.25, 0.3) is 5.91 Å². The summed E-state index contributed by atoms with van der Waals surface area (Å²) < 4.78 is 11.5. The first-order chi connectivity index (χ1) is 37.6. The molecule has 0 bridgehead atoms. The standard InChI is InChI=1S/C60H101N7O11/c1-4-5-6-7-8-9-10-11-12-13-14-15-16-17-18-19-20-21-22-30-37-77-60-53(71)51(69)52(70)54(78-60)59(76)64-36-29-27-34-49(66-56(73)47(62)41-46-42(2)38-45(68)39-43(46)3)57(74)67-50(40-44-31-24-23-25-32-44)58(75)65-48(55(63)72)33-26-28-35-61/h23-25,31-32,38-39,47-54,60,68-71H,4-22,26-30,33-37,40-41,61-62H2,1-3H3,(H2,63,72)(H,64,76)(H,65,75)(H,66,73)(H,67,74)/t47-,48-,49+,50-,51-,52-,53+,54-,60+/m0/s1. The zero-order chi connectivity index (χ0) is 57.1. The zero-order valence-corrected chi connectivity index (χ0v) is 47.5. The first-order valence-corrected chi connectivity index (χ1v) is 29.7. The van der Waals surface area contributed by atoms with E-state index in [2.05, 4.69) is 28.2 Å². The maximum atomic E-state index is 14.2. The van der Waals surface area contributed by atoms with Crippen LogP contribution in [0.1, 0.15) is 196 Å². The van der Waals surface area contributed by atoms with Gasteiger partial charge in [-0.25, -0.2) is 0 Å². The van der Waals surface area contributed by atoms with Crippen molar-refractivity contribution in [3.8, 4) is 5.75 Å². The highest BCUT2D eigenvalue weighted by Crippen LogP contribution is 2.24. The Kier molecular flexibility index (Phi) is 34.3. The number of carbonyl (C=O) groups is 5. The Hall–Kier alpha value is -4.69. The summed E-state index contributed by atoms with van der Waals surface area (Å²) in [6.07, 6.45) is 19.5. The largest absolute Gasteiger partial charge is 0.508 e. The first-order valence-electron chi connectivity index (χ1n) is 29.7. The summed E-state index contributed by atoms with van der Waals surface area (Å²) in [5.74, 6) is -3.38. The molecule has 1 aliphatic heterocycles. The highest BCUT2D eigenvalue weighted by Gasteiger charge is 2.47. The first kappa shape index (κ1) is 67.6. The molecule has 0 saturated carbocycles. The Morgan fingerprint density at radius 2 is 1.09 bits per heavy atom. The minimum Gasteiger partial charge on any atom is -0.508 e. The number of amides is 5. The lowest BCUT2D eigenvalue weighted by Gasteiger charge is -2.39. The number of aliphatic hydroxyl groups excluding tert-OH is 3. The van der Waals surface area contributed by atoms with Crippen molar-refractivity contribution < 1.29 is 53.9 Å². The molecule has 2 aromatic carbocycles. The van der Waals surface area contributed by atoms with E-state index in [1.807, 2.05) is 6.07 Å². The second-order valence-corrected chi connectivity index (χ2v) is 21.7. The lowest BCUT2D eigenvalue weighted by atomic mass is 9.95. The van der Waals surface area contributed by atoms with Gasteiger partial charge in [0.1, 0.15) is 42.2 Å². The maximum Gasteiger partial charge on any atom is 0.252 e. The SMILES string of the molecule is CCCCCCCCCCCCCCCCCCCCCCO[C@@H]1O[C@H](C(=O)NCCCC[C@@H](NC(=O)[C@@H](N)Cc2c(C)cc(O)cc2C)C(=O)N[C@@H](Cc2ccccc2)C(=O)N[C@@H](CCCCN)C(N)=O)[C@@H](O)[C@H](O)[C@H]1O. The molecule has 3 rings (SSSR count). The number of hydrogen-bond acceptors (Lipinski definition) is 13. The van der Waals surface area contributed by atoms with E-state index < -0.39 is 84.4 Å². The van der Waals surface area contributed by atoms with Crippen molar-refractivity contribution in [1.29, 1.82) is 0 Å². The number of ether oxygens (including phenoxy) is 2. The molecule has 2 aromatic rings. The molecule has 0 aliphatic carbocycles. The van der Waals surface area contributed by atoms with Gasteiger partial charge in [-0.1, -0.05) is 159 Å². The van der Waals surface area contributed by atoms with Crippen LogP contribution in [0.2, 0.25) is 0 Å². The summed E-state index contributed by atoms with van der Waals surface area (Å²) in [6.45, 7) is 6.54. The summed E-state index contributed by atoms with van der Waals surface area (Å²) in [4.78, 5) is 67.6. The molecule has 1 aliphatic rings. The number of aryl methyl sites for hydroxylation is 2. The van der Waals surface area contributed by atoms with E-state index in [0.717, 1.165) is 36.0 Å². The van der Waals surface area contributed by atoms with Gasteiger partial charge in [0.2, 0.25) is 23.6 Å². The molecule has 0 aromatic heterocycles. The second kappa shape index (κ2) is 39.6. The van der Waals surface area contributed by atoms with Crippen LogP contribution in [-0.2, 0) is 46.3 Å². The molecule has 18 heteroatoms. The van der Waals surface area contributed by atoms with Gasteiger partial charge in [0.15, 0.2) is 12.4 Å². The molecule has 0 unspecified atom stereocenters. The number of nitrogens with one attached hydrogen (secondary N) is 4. The molecule has 1 heterocycles. The van der Waals surface area contributed by atoms with Crippen molar-refractivity contribution in [2.75, 3.05) is 19.7 Å². The van der Waals surface area contributed by atoms with Crippen LogP contribution < -0.4 is 38.5 Å². The Morgan fingerprint density at radius 1 is 0.603 bits per heavy atom. The van der Waals surface area contributed by atoms with Gasteiger partial charge in [-0.3, -0.25) is 24.0 Å². The van der Waals surface area contributed by atoms with Gasteiger partial charge in [0.05, 0.1) is 6.04 Å². The molecular weight excluding hydrogens is 995 g/mol. The van der Waals surface area contributed by atoms with Crippen LogP contribution in [0, 0.1) is 13.8 Å². The van der Waals surface area contributed by atoms with E-state index >= 15 is 0 Å². The fraction of sp³-hybridized carbons (Fsp3) is 0.717. The van der Waals surface area contributed by atoms with Gasteiger partial charge in [-0.2, -0.15) is 0 Å². The third kappa shape index (κ3) is 26.5. The topological polar surface area (TPSA) is 311 Å². The number of aliphatic hydroxyl groups is 3. The Balaban J connectivity index is 1.50. The fourth-order valence-corrected chi connectivity index (χ4v) is 10.1. The molecule has 442 valence electrons. The van der Waals surface area contributed by atoms with E-state index in [4.69, 9.17) is 26.7 Å². The van der Waals surface area contributed by atoms with Crippen molar-refractivity contribution in [2.24, 2.45) is 17.2 Å². The predicted octanol–water partition coefficient (Wildman–Crippen LogP) is 6.12. The second-order valence-electron chi connectivity index (χ2n) is 21.7. The Morgan fingerprint density at radius 3 is 1.63 bits per heavy atom. The minimum absolute atomic E-state index is 0.0446. The molecule has 9 atom stereocenters. The van der Waals surface area contributed by atoms with Gasteiger partial charge in [-0.15, -0.1) is 0 Å². The molecule has 0 radical (unpaired) electrons. The lowest BCUT2D eigenvalue weighted by Crippen LogP contribution is -2.62. The van der Waals surface area contributed by atoms with E-state index in [0.29, 0.717) is 31.4 Å². The fourth-order valence-electron chi connectivity index (χ4n) is 10.1. The van der Waals surface area contributed by atoms with Crippen LogP contribution in [0.3, 0.4) is 0 Å². The van der Waals surface area contributed by atoms with E-state index in [-0.39, 0.29) is 57.4 Å². The third-order valence-corrected chi connectivity index (χ3v) is 14.9. The number of primary amides is 1. The molecule has 0 spiro atoms. The smallest absolute Gasteiger partial charge is 0.252 e. The van der Waals surface area contributed by atoms with E-state index in [9.17, 15) is 44.4 Å². The van der Waals surface area contributed by atoms with Crippen LogP contribution in [0.5, 0.6) is 5.75 Å². The number of aromatic hydroxyl groups is 1. The van der Waals surface area contributed by atoms with Crippen molar-refractivity contribution in [1.82, 2.24) is 21.3 Å². The van der Waals surface area contributed by atoms with Gasteiger partial charge in [0, 0.05) is 19.6 Å². The number of hydrogen-bond donors (Lipinski definition) is 11. The highest BCUT2D eigenvalue weighted by molar-refractivity contribution is 5.94. The molecule has 1 saturated heterocycles. The van der Waals surface area contributed by atoms with Crippen molar-refractivity contribution >= 4 is 29.5 Å². The van der Waals surface area contributed by atoms with Crippen LogP contribution in [0.25, 0.3) is 0 Å². The van der Waals surface area contributed by atoms with Crippen LogP contribution in [-0.4, -0.2) is 125 Å². The minimum atomic E-state index is -1.73. The number of carbonyl (C=O) groups excluding carboxylic acids is 5. The number of nitrogens with two attached hydrogens (primary N) is 3. The zero-order valence-electron chi connectivity index (χ0n) is 47.5. The lowest BCUT2D eigenvalue weighted by molar-refractivity contribution is -0.290. The molecular formula is C60H101N7O11. The summed E-state index contributed by atoms with van der Waals surface area (Å²) in [7, 11) is 0. The van der Waals surface area contributed by atoms with Gasteiger partial charge in [-0.05, 0) is 106 Å². The average molecular weight is 1100 g/mol. The summed E-state index contributed by atoms with van der Waals surface area (Å²) in [5, 5.41) is 53.1. The van der Waals surface area contributed by atoms with Crippen molar-refractivity contribution in [3.05, 3.63) is 64.7 Å². The summed E-state index contributed by atoms with van der Waals surface area (Å²) in [5.41, 5.74) is 20.7. The summed E-state index contributed by atoms with van der Waals surface area (Å²) in [6, 6.07) is 7.60. The Labute approximate surface area is 465 Å². The quantitative estimate of drug-likeness (QED) is 0.0334. The monoisotopic (exact) mass is 1100 g/mol. The average Bonchev–Trinajstić information content (AvgIpc) is 3.42.